The lowest BCUT2D eigenvalue weighted by atomic mass is 10.2. The summed E-state index contributed by atoms with van der Waals surface area (Å²) in [6, 6.07) is 7.48. The Balaban J connectivity index is 1.73. The van der Waals surface area contributed by atoms with E-state index in [2.05, 4.69) is 26.6 Å². The number of benzene rings is 1. The number of amides is 2. The van der Waals surface area contributed by atoms with Gasteiger partial charge in [-0.05, 0) is 40.2 Å². The van der Waals surface area contributed by atoms with Gasteiger partial charge in [-0.25, -0.2) is 0 Å². The number of carbonyl (C=O) groups excluding carboxylic acids is 2. The standard InChI is InChI=1S/C14H13BrN2O4/c15-12-7-10(8-21-12)14(20)17-6-5-16-13(19)9-1-3-11(18)4-2-9/h1-4,7-8,18H,5-6H2,(H,16,19)(H,17,20). The molecule has 1 heterocycles. The Hall–Kier alpha value is -2.28. The van der Waals surface area contributed by atoms with Crippen molar-refractivity contribution in [2.75, 3.05) is 13.1 Å². The quantitative estimate of drug-likeness (QED) is 0.716. The number of phenols is 1. The molecule has 2 aromatic rings. The molecule has 110 valence electrons. The Bertz CT molecular complexity index is 637. The number of carbonyl (C=O) groups is 2. The minimum atomic E-state index is -0.275. The van der Waals surface area contributed by atoms with Gasteiger partial charge in [-0.2, -0.15) is 0 Å². The molecule has 0 fully saturated rings. The van der Waals surface area contributed by atoms with Gasteiger partial charge >= 0.3 is 0 Å². The van der Waals surface area contributed by atoms with Crippen LogP contribution in [0.2, 0.25) is 0 Å². The molecule has 0 aliphatic rings. The Morgan fingerprint density at radius 3 is 2.14 bits per heavy atom. The molecule has 7 heteroatoms. The Kier molecular flexibility index (Phi) is 4.99. The highest BCUT2D eigenvalue weighted by Gasteiger charge is 2.09. The fourth-order valence-electron chi connectivity index (χ4n) is 1.60. The summed E-state index contributed by atoms with van der Waals surface area (Å²) in [5, 5.41) is 14.4. The molecular weight excluding hydrogens is 340 g/mol. The van der Waals surface area contributed by atoms with E-state index in [0.29, 0.717) is 28.9 Å². The maximum Gasteiger partial charge on any atom is 0.254 e. The Morgan fingerprint density at radius 1 is 1.05 bits per heavy atom. The molecular formula is C14H13BrN2O4. The van der Waals surface area contributed by atoms with Crippen LogP contribution in [-0.2, 0) is 0 Å². The summed E-state index contributed by atoms with van der Waals surface area (Å²) in [4.78, 5) is 23.4. The molecule has 0 spiro atoms. The van der Waals surface area contributed by atoms with Gasteiger partial charge in [0, 0.05) is 24.7 Å². The number of nitrogens with one attached hydrogen (secondary N) is 2. The first-order valence-corrected chi connectivity index (χ1v) is 6.95. The molecule has 0 aliphatic heterocycles. The van der Waals surface area contributed by atoms with Crippen LogP contribution in [0.3, 0.4) is 0 Å². The van der Waals surface area contributed by atoms with Crippen LogP contribution in [0, 0.1) is 0 Å². The van der Waals surface area contributed by atoms with E-state index in [9.17, 15) is 9.59 Å². The minimum Gasteiger partial charge on any atom is -0.508 e. The van der Waals surface area contributed by atoms with Gasteiger partial charge in [0.05, 0.1) is 5.56 Å². The number of phenolic OH excluding ortho intramolecular Hbond substituents is 1. The number of rotatable bonds is 5. The summed E-state index contributed by atoms with van der Waals surface area (Å²) in [6.07, 6.45) is 1.34. The fourth-order valence-corrected chi connectivity index (χ4v) is 1.94. The predicted octanol–water partition coefficient (Wildman–Crippen LogP) is 1.91. The number of halogens is 1. The van der Waals surface area contributed by atoms with Crippen molar-refractivity contribution >= 4 is 27.7 Å². The second kappa shape index (κ2) is 6.94. The zero-order valence-electron chi connectivity index (χ0n) is 10.9. The third-order valence-corrected chi connectivity index (χ3v) is 3.07. The first-order chi connectivity index (χ1) is 10.1. The van der Waals surface area contributed by atoms with E-state index in [-0.39, 0.29) is 17.6 Å². The van der Waals surface area contributed by atoms with Crippen molar-refractivity contribution in [2.24, 2.45) is 0 Å². The maximum atomic E-state index is 11.7. The van der Waals surface area contributed by atoms with Gasteiger partial charge in [-0.1, -0.05) is 0 Å². The van der Waals surface area contributed by atoms with Gasteiger partial charge in [0.15, 0.2) is 4.67 Å². The summed E-state index contributed by atoms with van der Waals surface area (Å²) in [5.74, 6) is -0.441. The summed E-state index contributed by atoms with van der Waals surface area (Å²) in [7, 11) is 0. The highest BCUT2D eigenvalue weighted by atomic mass is 79.9. The van der Waals surface area contributed by atoms with E-state index in [4.69, 9.17) is 9.52 Å². The van der Waals surface area contributed by atoms with Crippen LogP contribution in [-0.4, -0.2) is 30.0 Å². The van der Waals surface area contributed by atoms with E-state index in [1.807, 2.05) is 0 Å². The summed E-state index contributed by atoms with van der Waals surface area (Å²) >= 11 is 3.11. The zero-order valence-corrected chi connectivity index (χ0v) is 12.5. The van der Waals surface area contributed by atoms with E-state index >= 15 is 0 Å². The van der Waals surface area contributed by atoms with Gasteiger partial charge < -0.3 is 20.2 Å². The monoisotopic (exact) mass is 352 g/mol. The number of hydrogen-bond donors (Lipinski definition) is 3. The average molecular weight is 353 g/mol. The van der Waals surface area contributed by atoms with Crippen molar-refractivity contribution < 1.29 is 19.1 Å². The highest BCUT2D eigenvalue weighted by Crippen LogP contribution is 2.13. The van der Waals surface area contributed by atoms with Crippen LogP contribution >= 0.6 is 15.9 Å². The van der Waals surface area contributed by atoms with Crippen molar-refractivity contribution in [2.45, 2.75) is 0 Å². The number of aromatic hydroxyl groups is 1. The molecule has 0 saturated heterocycles. The average Bonchev–Trinajstić information content (AvgIpc) is 2.90. The molecule has 0 atom stereocenters. The first-order valence-electron chi connectivity index (χ1n) is 6.16. The zero-order chi connectivity index (χ0) is 15.2. The Morgan fingerprint density at radius 2 is 1.62 bits per heavy atom. The van der Waals surface area contributed by atoms with E-state index in [0.717, 1.165) is 0 Å². The molecule has 1 aromatic heterocycles. The lowest BCUT2D eigenvalue weighted by Crippen LogP contribution is -2.34. The fraction of sp³-hybridized carbons (Fsp3) is 0.143. The van der Waals surface area contributed by atoms with Crippen LogP contribution in [0.4, 0.5) is 0 Å². The van der Waals surface area contributed by atoms with Crippen molar-refractivity contribution in [3.63, 3.8) is 0 Å². The van der Waals surface area contributed by atoms with E-state index < -0.39 is 0 Å². The molecule has 0 bridgehead atoms. The van der Waals surface area contributed by atoms with Crippen molar-refractivity contribution in [1.82, 2.24) is 10.6 Å². The Labute approximate surface area is 129 Å². The van der Waals surface area contributed by atoms with Crippen molar-refractivity contribution in [3.05, 3.63) is 52.4 Å². The summed E-state index contributed by atoms with van der Waals surface area (Å²) < 4.78 is 5.44. The van der Waals surface area contributed by atoms with Gasteiger partial charge in [0.2, 0.25) is 0 Å². The summed E-state index contributed by atoms with van der Waals surface area (Å²) in [5.41, 5.74) is 0.852. The third kappa shape index (κ3) is 4.35. The van der Waals surface area contributed by atoms with E-state index in [1.54, 1.807) is 6.07 Å². The van der Waals surface area contributed by atoms with Gasteiger partial charge in [-0.15, -0.1) is 0 Å². The van der Waals surface area contributed by atoms with Gasteiger partial charge in [-0.3, -0.25) is 9.59 Å². The second-order valence-electron chi connectivity index (χ2n) is 4.20. The molecule has 0 radical (unpaired) electrons. The van der Waals surface area contributed by atoms with Crippen molar-refractivity contribution in [3.8, 4) is 5.75 Å². The van der Waals surface area contributed by atoms with Crippen LogP contribution < -0.4 is 10.6 Å². The van der Waals surface area contributed by atoms with Crippen molar-refractivity contribution in [1.29, 1.82) is 0 Å². The van der Waals surface area contributed by atoms with E-state index in [1.165, 1.54) is 30.5 Å². The largest absolute Gasteiger partial charge is 0.508 e. The number of furan rings is 1. The molecule has 3 N–H and O–H groups in total. The normalized spacial score (nSPS) is 10.1. The van der Waals surface area contributed by atoms with Gasteiger partial charge in [0.1, 0.15) is 12.0 Å². The number of hydrogen-bond acceptors (Lipinski definition) is 4. The highest BCUT2D eigenvalue weighted by molar-refractivity contribution is 9.10. The lowest BCUT2D eigenvalue weighted by Gasteiger charge is -2.06. The van der Waals surface area contributed by atoms with Crippen LogP contribution in [0.1, 0.15) is 20.7 Å². The molecule has 0 aliphatic carbocycles. The lowest BCUT2D eigenvalue weighted by molar-refractivity contribution is 0.0927. The minimum absolute atomic E-state index is 0.102. The molecule has 2 amide bonds. The smallest absolute Gasteiger partial charge is 0.254 e. The maximum absolute atomic E-state index is 11.7. The van der Waals surface area contributed by atoms with Crippen LogP contribution in [0.5, 0.6) is 5.75 Å². The molecule has 6 nitrogen and oxygen atoms in total. The molecule has 0 unspecified atom stereocenters. The third-order valence-electron chi connectivity index (χ3n) is 2.66. The summed E-state index contributed by atoms with van der Waals surface area (Å²) in [6.45, 7) is 0.593. The van der Waals surface area contributed by atoms with Crippen LogP contribution in [0.25, 0.3) is 0 Å². The second-order valence-corrected chi connectivity index (χ2v) is 4.98. The topological polar surface area (TPSA) is 91.6 Å². The molecule has 0 saturated carbocycles. The molecule has 1 aromatic carbocycles. The molecule has 2 rings (SSSR count). The predicted molar refractivity (Wildman–Crippen MR) is 79.2 cm³/mol. The molecule has 21 heavy (non-hydrogen) atoms. The first kappa shape index (κ1) is 15.1. The van der Waals surface area contributed by atoms with Crippen LogP contribution in [0.15, 0.2) is 45.7 Å². The SMILES string of the molecule is O=C(NCCNC(=O)c1coc(Br)c1)c1ccc(O)cc1. The van der Waals surface area contributed by atoms with Gasteiger partial charge in [0.25, 0.3) is 11.8 Å².